The van der Waals surface area contributed by atoms with Crippen molar-refractivity contribution in [1.82, 2.24) is 0 Å². The van der Waals surface area contributed by atoms with Crippen LogP contribution in [0.2, 0.25) is 0 Å². The third-order valence-electron chi connectivity index (χ3n) is 10.8. The summed E-state index contributed by atoms with van der Waals surface area (Å²) < 4.78 is 5.52. The molecule has 0 N–H and O–H groups in total. The molecule has 6 aromatic rings. The van der Waals surface area contributed by atoms with Gasteiger partial charge in [0.25, 0.3) is 0 Å². The fraction of sp³-hybridized carbons (Fsp3) is 0.143. The Kier molecular flexibility index (Phi) is 7.80. The van der Waals surface area contributed by atoms with Gasteiger partial charge in [-0.05, 0) is 104 Å². The number of rotatable bonds is 6. The van der Waals surface area contributed by atoms with Crippen molar-refractivity contribution in [2.24, 2.45) is 5.41 Å². The third-order valence-corrected chi connectivity index (χ3v) is 10.8. The first-order valence-electron chi connectivity index (χ1n) is 17.6. The minimum atomic E-state index is -0.542. The Morgan fingerprint density at radius 1 is 0.520 bits per heavy atom. The van der Waals surface area contributed by atoms with E-state index >= 15 is 0 Å². The fourth-order valence-electron chi connectivity index (χ4n) is 8.93. The van der Waals surface area contributed by atoms with Gasteiger partial charge in [0.15, 0.2) is 0 Å². The lowest BCUT2D eigenvalue weighted by atomic mass is 9.62. The van der Waals surface area contributed by atoms with Crippen molar-refractivity contribution >= 4 is 11.1 Å². The molecule has 0 saturated carbocycles. The Labute approximate surface area is 296 Å². The smallest absolute Gasteiger partial charge is 0.118 e. The lowest BCUT2D eigenvalue weighted by Gasteiger charge is -2.40. The van der Waals surface area contributed by atoms with E-state index in [0.29, 0.717) is 0 Å². The van der Waals surface area contributed by atoms with Gasteiger partial charge < -0.3 is 4.74 Å². The van der Waals surface area contributed by atoms with E-state index in [2.05, 4.69) is 191 Å². The van der Waals surface area contributed by atoms with Crippen molar-refractivity contribution in [2.45, 2.75) is 33.1 Å². The van der Waals surface area contributed by atoms with Gasteiger partial charge in [-0.1, -0.05) is 165 Å². The summed E-state index contributed by atoms with van der Waals surface area (Å²) in [7, 11) is 1.72. The van der Waals surface area contributed by atoms with Gasteiger partial charge in [-0.25, -0.2) is 0 Å². The standard InChI is InChI=1S/C49H42O/c1-33(2)45-47-44(46(48(45,3)4)43(35-18-10-6-11-19-35)36-20-12-7-13-21-36)41-31-28-37(34-26-29-40(50-5)30-27-34)32-42(41)49(47,38-22-14-8-15-23-38)39-24-16-9-17-25-39/h6-32H,1-5H3. The molecule has 0 unspecified atom stereocenters. The van der Waals surface area contributed by atoms with Crippen LogP contribution in [0.5, 0.6) is 5.75 Å². The Morgan fingerprint density at radius 3 is 1.48 bits per heavy atom. The summed E-state index contributed by atoms with van der Waals surface area (Å²) >= 11 is 0. The normalized spacial score (nSPS) is 15.5. The number of hydrogen-bond donors (Lipinski definition) is 0. The number of hydrogen-bond acceptors (Lipinski definition) is 1. The van der Waals surface area contributed by atoms with Crippen molar-refractivity contribution in [3.63, 3.8) is 0 Å². The molecular formula is C49H42O. The van der Waals surface area contributed by atoms with E-state index in [9.17, 15) is 0 Å². The summed E-state index contributed by atoms with van der Waals surface area (Å²) in [6, 6.07) is 60.0. The first-order valence-corrected chi connectivity index (χ1v) is 17.6. The molecule has 8 rings (SSSR count). The topological polar surface area (TPSA) is 9.23 Å². The average Bonchev–Trinajstić information content (AvgIpc) is 3.58. The summed E-state index contributed by atoms with van der Waals surface area (Å²) in [5.74, 6) is 0.859. The highest BCUT2D eigenvalue weighted by Gasteiger charge is 2.57. The van der Waals surface area contributed by atoms with E-state index in [-0.39, 0.29) is 5.41 Å². The van der Waals surface area contributed by atoms with Crippen LogP contribution in [0.25, 0.3) is 22.3 Å². The molecule has 0 fully saturated rings. The lowest BCUT2D eigenvalue weighted by Crippen LogP contribution is -2.33. The highest BCUT2D eigenvalue weighted by Crippen LogP contribution is 2.69. The summed E-state index contributed by atoms with van der Waals surface area (Å²) in [6.07, 6.45) is 0. The molecule has 1 nitrogen and oxygen atoms in total. The molecule has 0 radical (unpaired) electrons. The second kappa shape index (κ2) is 12.3. The molecule has 0 atom stereocenters. The monoisotopic (exact) mass is 646 g/mol. The summed E-state index contributed by atoms with van der Waals surface area (Å²) in [4.78, 5) is 0. The molecule has 0 amide bonds. The van der Waals surface area contributed by atoms with Crippen LogP contribution < -0.4 is 4.74 Å². The van der Waals surface area contributed by atoms with Crippen molar-refractivity contribution in [1.29, 1.82) is 0 Å². The molecule has 0 aliphatic heterocycles. The van der Waals surface area contributed by atoms with Gasteiger partial charge in [-0.3, -0.25) is 0 Å². The molecule has 1 heteroatoms. The van der Waals surface area contributed by atoms with Gasteiger partial charge in [-0.15, -0.1) is 0 Å². The number of fused-ring (bicyclic) bond motifs is 2. The first kappa shape index (κ1) is 31.6. The number of benzene rings is 6. The Hall–Kier alpha value is -5.66. The highest BCUT2D eigenvalue weighted by molar-refractivity contribution is 6.07. The van der Waals surface area contributed by atoms with E-state index in [1.54, 1.807) is 7.11 Å². The van der Waals surface area contributed by atoms with E-state index in [1.807, 2.05) is 0 Å². The van der Waals surface area contributed by atoms with Gasteiger partial charge in [-0.2, -0.15) is 0 Å². The summed E-state index contributed by atoms with van der Waals surface area (Å²) in [5.41, 5.74) is 17.4. The molecule has 0 heterocycles. The van der Waals surface area contributed by atoms with Crippen LogP contribution in [0.1, 0.15) is 61.1 Å². The molecule has 50 heavy (non-hydrogen) atoms. The van der Waals surface area contributed by atoms with Gasteiger partial charge >= 0.3 is 0 Å². The van der Waals surface area contributed by atoms with Gasteiger partial charge in [0.05, 0.1) is 12.5 Å². The Balaban J connectivity index is 1.58. The van der Waals surface area contributed by atoms with Gasteiger partial charge in [0, 0.05) is 5.41 Å². The van der Waals surface area contributed by atoms with Gasteiger partial charge in [0.1, 0.15) is 5.75 Å². The van der Waals surface area contributed by atoms with Crippen molar-refractivity contribution in [2.75, 3.05) is 7.11 Å². The Morgan fingerprint density at radius 2 is 1.00 bits per heavy atom. The van der Waals surface area contributed by atoms with Crippen molar-refractivity contribution < 1.29 is 4.74 Å². The van der Waals surface area contributed by atoms with Crippen LogP contribution in [0.3, 0.4) is 0 Å². The summed E-state index contributed by atoms with van der Waals surface area (Å²) in [6.45, 7) is 9.51. The lowest BCUT2D eigenvalue weighted by molar-refractivity contribution is 0.415. The van der Waals surface area contributed by atoms with Crippen LogP contribution in [-0.2, 0) is 5.41 Å². The maximum absolute atomic E-state index is 5.52. The van der Waals surface area contributed by atoms with Crippen molar-refractivity contribution in [3.05, 3.63) is 219 Å². The molecule has 244 valence electrons. The first-order chi connectivity index (χ1) is 24.4. The molecular weight excluding hydrogens is 605 g/mol. The fourth-order valence-corrected chi connectivity index (χ4v) is 8.93. The predicted octanol–water partition coefficient (Wildman–Crippen LogP) is 12.3. The molecule has 2 aliphatic carbocycles. The second-order valence-corrected chi connectivity index (χ2v) is 14.2. The number of ether oxygens (including phenoxy) is 1. The molecule has 6 aromatic carbocycles. The SMILES string of the molecule is COc1ccc(-c2ccc3c(c2)C(c2ccccc2)(c2ccccc2)C2=C3C(=C(c3ccccc3)c3ccccc3)C(C)(C)C2=C(C)C)cc1. The zero-order chi connectivity index (χ0) is 34.5. The largest absolute Gasteiger partial charge is 0.497 e. The minimum absolute atomic E-state index is 0.286. The zero-order valence-corrected chi connectivity index (χ0v) is 29.5. The van der Waals surface area contributed by atoms with Crippen LogP contribution >= 0.6 is 0 Å². The average molecular weight is 647 g/mol. The maximum Gasteiger partial charge on any atom is 0.118 e. The molecule has 0 bridgehead atoms. The molecule has 0 spiro atoms. The second-order valence-electron chi connectivity index (χ2n) is 14.2. The van der Waals surface area contributed by atoms with Gasteiger partial charge in [0.2, 0.25) is 0 Å². The van der Waals surface area contributed by atoms with Crippen LogP contribution in [0, 0.1) is 5.41 Å². The van der Waals surface area contributed by atoms with E-state index in [1.165, 1.54) is 77.9 Å². The van der Waals surface area contributed by atoms with Crippen molar-refractivity contribution in [3.8, 4) is 16.9 Å². The molecule has 0 saturated heterocycles. The van der Waals surface area contributed by atoms with Crippen LogP contribution in [0.4, 0.5) is 0 Å². The molecule has 2 aliphatic rings. The maximum atomic E-state index is 5.52. The minimum Gasteiger partial charge on any atom is -0.497 e. The third kappa shape index (κ3) is 4.76. The van der Waals surface area contributed by atoms with E-state index in [4.69, 9.17) is 4.74 Å². The Bertz CT molecular complexity index is 2200. The van der Waals surface area contributed by atoms with E-state index < -0.39 is 5.41 Å². The van der Waals surface area contributed by atoms with Crippen LogP contribution in [-0.4, -0.2) is 7.11 Å². The molecule has 0 aromatic heterocycles. The quantitative estimate of drug-likeness (QED) is 0.175. The zero-order valence-electron chi connectivity index (χ0n) is 29.5. The number of allylic oxidation sites excluding steroid dienone is 5. The van der Waals surface area contributed by atoms with Crippen LogP contribution in [0.15, 0.2) is 186 Å². The highest BCUT2D eigenvalue weighted by atomic mass is 16.5. The van der Waals surface area contributed by atoms with E-state index in [0.717, 1.165) is 5.75 Å². The predicted molar refractivity (Wildman–Crippen MR) is 209 cm³/mol. The summed E-state index contributed by atoms with van der Waals surface area (Å²) in [5, 5.41) is 0. The number of methoxy groups -OCH3 is 1.